The van der Waals surface area contributed by atoms with Crippen molar-refractivity contribution in [2.24, 2.45) is 11.1 Å². The van der Waals surface area contributed by atoms with Crippen molar-refractivity contribution in [3.8, 4) is 0 Å². The van der Waals surface area contributed by atoms with Crippen molar-refractivity contribution in [3.05, 3.63) is 0 Å². The highest BCUT2D eigenvalue weighted by Crippen LogP contribution is 2.30. The molecule has 1 rings (SSSR count). The maximum atomic E-state index is 12.2. The Labute approximate surface area is 103 Å². The molecule has 0 spiro atoms. The molecular formula is C12H24N2OS. The number of carbonyl (C=O) groups is 1. The van der Waals surface area contributed by atoms with Crippen LogP contribution >= 0.6 is 11.8 Å². The lowest BCUT2D eigenvalue weighted by atomic mass is 9.86. The van der Waals surface area contributed by atoms with Crippen molar-refractivity contribution < 1.29 is 4.79 Å². The Balaban J connectivity index is 2.68. The topological polar surface area (TPSA) is 46.3 Å². The summed E-state index contributed by atoms with van der Waals surface area (Å²) >= 11 is 1.93. The van der Waals surface area contributed by atoms with Crippen LogP contribution in [-0.4, -0.2) is 40.4 Å². The molecule has 4 heteroatoms. The van der Waals surface area contributed by atoms with E-state index in [2.05, 4.69) is 13.8 Å². The molecule has 0 aromatic heterocycles. The molecule has 3 nitrogen and oxygen atoms in total. The molecule has 1 atom stereocenters. The van der Waals surface area contributed by atoms with E-state index >= 15 is 0 Å². The molecule has 1 fully saturated rings. The van der Waals surface area contributed by atoms with Crippen LogP contribution in [0.25, 0.3) is 0 Å². The van der Waals surface area contributed by atoms with E-state index in [4.69, 9.17) is 5.73 Å². The van der Waals surface area contributed by atoms with E-state index in [9.17, 15) is 4.79 Å². The molecule has 0 aliphatic carbocycles. The minimum atomic E-state index is -0.397. The van der Waals surface area contributed by atoms with Gasteiger partial charge in [-0.3, -0.25) is 4.79 Å². The molecule has 0 aromatic carbocycles. The maximum absolute atomic E-state index is 12.2. The SMILES string of the molecule is CC1(C)CN(C(=O)[C@H](N)C(C)(C)C)CCS1. The van der Waals surface area contributed by atoms with Crippen LogP contribution in [0, 0.1) is 5.41 Å². The minimum Gasteiger partial charge on any atom is -0.339 e. The molecular weight excluding hydrogens is 220 g/mol. The molecule has 94 valence electrons. The minimum absolute atomic E-state index is 0.0980. The Hall–Kier alpha value is -0.220. The zero-order valence-corrected chi connectivity index (χ0v) is 11.9. The number of hydrogen-bond acceptors (Lipinski definition) is 3. The summed E-state index contributed by atoms with van der Waals surface area (Å²) in [7, 11) is 0. The Morgan fingerprint density at radius 2 is 2.00 bits per heavy atom. The van der Waals surface area contributed by atoms with Gasteiger partial charge in [0, 0.05) is 23.6 Å². The summed E-state index contributed by atoms with van der Waals surface area (Å²) < 4.78 is 0.158. The van der Waals surface area contributed by atoms with Gasteiger partial charge in [-0.25, -0.2) is 0 Å². The third-order valence-corrected chi connectivity index (χ3v) is 4.23. The van der Waals surface area contributed by atoms with Crippen molar-refractivity contribution >= 4 is 17.7 Å². The molecule has 0 saturated carbocycles. The fourth-order valence-electron chi connectivity index (χ4n) is 1.77. The van der Waals surface area contributed by atoms with Crippen LogP contribution in [0.5, 0.6) is 0 Å². The van der Waals surface area contributed by atoms with Gasteiger partial charge in [0.05, 0.1) is 6.04 Å². The third-order valence-electron chi connectivity index (χ3n) is 2.94. The molecule has 0 unspecified atom stereocenters. The van der Waals surface area contributed by atoms with E-state index < -0.39 is 6.04 Å². The average molecular weight is 244 g/mol. The predicted molar refractivity (Wildman–Crippen MR) is 70.5 cm³/mol. The van der Waals surface area contributed by atoms with Gasteiger partial charge in [0.25, 0.3) is 0 Å². The first-order valence-corrected chi connectivity index (χ1v) is 6.80. The molecule has 1 heterocycles. The molecule has 0 aromatic rings. The van der Waals surface area contributed by atoms with E-state index in [1.54, 1.807) is 0 Å². The van der Waals surface area contributed by atoms with Gasteiger partial charge in [-0.15, -0.1) is 0 Å². The largest absolute Gasteiger partial charge is 0.339 e. The highest BCUT2D eigenvalue weighted by molar-refractivity contribution is 8.00. The number of rotatable bonds is 1. The van der Waals surface area contributed by atoms with Gasteiger partial charge in [0.15, 0.2) is 0 Å². The summed E-state index contributed by atoms with van der Waals surface area (Å²) in [4.78, 5) is 14.1. The lowest BCUT2D eigenvalue weighted by Crippen LogP contribution is -2.55. The van der Waals surface area contributed by atoms with Crippen molar-refractivity contribution in [1.82, 2.24) is 4.90 Å². The first-order chi connectivity index (χ1) is 7.13. The van der Waals surface area contributed by atoms with Crippen LogP contribution < -0.4 is 5.73 Å². The van der Waals surface area contributed by atoms with Crippen LogP contribution in [0.15, 0.2) is 0 Å². The predicted octanol–water partition coefficient (Wildman–Crippen LogP) is 1.71. The lowest BCUT2D eigenvalue weighted by Gasteiger charge is -2.40. The van der Waals surface area contributed by atoms with Gasteiger partial charge in [-0.2, -0.15) is 11.8 Å². The number of thioether (sulfide) groups is 1. The summed E-state index contributed by atoms with van der Waals surface area (Å²) in [6.45, 7) is 12.0. The number of carbonyl (C=O) groups excluding carboxylic acids is 1. The first kappa shape index (κ1) is 13.8. The van der Waals surface area contributed by atoms with Crippen LogP contribution in [0.1, 0.15) is 34.6 Å². The summed E-state index contributed by atoms with van der Waals surface area (Å²) in [5, 5.41) is 0. The molecule has 2 N–H and O–H groups in total. The van der Waals surface area contributed by atoms with Crippen LogP contribution in [0.4, 0.5) is 0 Å². The maximum Gasteiger partial charge on any atom is 0.240 e. The monoisotopic (exact) mass is 244 g/mol. The van der Waals surface area contributed by atoms with E-state index in [0.29, 0.717) is 0 Å². The van der Waals surface area contributed by atoms with Gasteiger partial charge < -0.3 is 10.6 Å². The molecule has 16 heavy (non-hydrogen) atoms. The van der Waals surface area contributed by atoms with E-state index in [-0.39, 0.29) is 16.1 Å². The standard InChI is InChI=1S/C12H24N2OS/c1-11(2,3)9(13)10(15)14-6-7-16-12(4,5)8-14/h9H,6-8,13H2,1-5H3/t9-/m0/s1. The second kappa shape index (κ2) is 4.57. The van der Waals surface area contributed by atoms with E-state index in [1.807, 2.05) is 37.4 Å². The zero-order chi connectivity index (χ0) is 12.6. The van der Waals surface area contributed by atoms with E-state index in [1.165, 1.54) is 0 Å². The second-order valence-corrected chi connectivity index (χ2v) is 8.01. The van der Waals surface area contributed by atoms with Crippen molar-refractivity contribution in [2.45, 2.75) is 45.4 Å². The summed E-state index contributed by atoms with van der Waals surface area (Å²) in [6.07, 6.45) is 0. The van der Waals surface area contributed by atoms with Crippen molar-refractivity contribution in [2.75, 3.05) is 18.8 Å². The quantitative estimate of drug-likeness (QED) is 0.764. The summed E-state index contributed by atoms with van der Waals surface area (Å²) in [5.41, 5.74) is 5.85. The average Bonchev–Trinajstić information content (AvgIpc) is 2.12. The van der Waals surface area contributed by atoms with Crippen molar-refractivity contribution in [3.63, 3.8) is 0 Å². The highest BCUT2D eigenvalue weighted by atomic mass is 32.2. The van der Waals surface area contributed by atoms with Crippen molar-refractivity contribution in [1.29, 1.82) is 0 Å². The zero-order valence-electron chi connectivity index (χ0n) is 11.0. The van der Waals surface area contributed by atoms with Crippen LogP contribution in [0.3, 0.4) is 0 Å². The van der Waals surface area contributed by atoms with Crippen LogP contribution in [-0.2, 0) is 4.79 Å². The van der Waals surface area contributed by atoms with E-state index in [0.717, 1.165) is 18.8 Å². The lowest BCUT2D eigenvalue weighted by molar-refractivity contribution is -0.135. The fourth-order valence-corrected chi connectivity index (χ4v) is 2.88. The Kier molecular flexibility index (Phi) is 3.95. The van der Waals surface area contributed by atoms with Crippen LogP contribution in [0.2, 0.25) is 0 Å². The number of nitrogens with zero attached hydrogens (tertiary/aromatic N) is 1. The Morgan fingerprint density at radius 1 is 1.44 bits per heavy atom. The molecule has 1 aliphatic heterocycles. The number of nitrogens with two attached hydrogens (primary N) is 1. The number of hydrogen-bond donors (Lipinski definition) is 1. The smallest absolute Gasteiger partial charge is 0.240 e. The summed E-state index contributed by atoms with van der Waals surface area (Å²) in [5.74, 6) is 1.11. The Bertz CT molecular complexity index is 271. The Morgan fingerprint density at radius 3 is 2.44 bits per heavy atom. The summed E-state index contributed by atoms with van der Waals surface area (Å²) in [6, 6.07) is -0.397. The normalized spacial score (nSPS) is 23.0. The molecule has 1 aliphatic rings. The third kappa shape index (κ3) is 3.39. The first-order valence-electron chi connectivity index (χ1n) is 5.82. The van der Waals surface area contributed by atoms with Gasteiger partial charge in [-0.1, -0.05) is 20.8 Å². The highest BCUT2D eigenvalue weighted by Gasteiger charge is 2.35. The molecule has 1 saturated heterocycles. The van der Waals surface area contributed by atoms with Gasteiger partial charge in [0.2, 0.25) is 5.91 Å². The van der Waals surface area contributed by atoms with Gasteiger partial charge >= 0.3 is 0 Å². The van der Waals surface area contributed by atoms with Gasteiger partial charge in [0.1, 0.15) is 0 Å². The second-order valence-electron chi connectivity index (χ2n) is 6.21. The molecule has 0 bridgehead atoms. The fraction of sp³-hybridized carbons (Fsp3) is 0.917. The number of amides is 1. The molecule has 1 amide bonds. The van der Waals surface area contributed by atoms with Gasteiger partial charge in [-0.05, 0) is 19.3 Å². The molecule has 0 radical (unpaired) electrons.